The topological polar surface area (TPSA) is 97.3 Å². The second-order valence-electron chi connectivity index (χ2n) is 9.70. The quantitative estimate of drug-likeness (QED) is 0.396. The van der Waals surface area contributed by atoms with Crippen LogP contribution in [0, 0.1) is 0 Å². The van der Waals surface area contributed by atoms with E-state index in [1.807, 2.05) is 18.2 Å². The van der Waals surface area contributed by atoms with Crippen LogP contribution in [0.4, 0.5) is 5.95 Å². The normalized spacial score (nSPS) is 17.6. The van der Waals surface area contributed by atoms with Crippen molar-refractivity contribution in [2.45, 2.75) is 30.4 Å². The largest absolute Gasteiger partial charge is 0.497 e. The molecule has 2 aliphatic rings. The predicted octanol–water partition coefficient (Wildman–Crippen LogP) is 3.05. The van der Waals surface area contributed by atoms with Crippen molar-refractivity contribution >= 4 is 16.0 Å². The van der Waals surface area contributed by atoms with Crippen LogP contribution in [0.2, 0.25) is 0 Å². The number of methoxy groups -OCH3 is 2. The van der Waals surface area contributed by atoms with Gasteiger partial charge in [0.15, 0.2) is 0 Å². The minimum absolute atomic E-state index is 0.0478. The van der Waals surface area contributed by atoms with Gasteiger partial charge in [0, 0.05) is 64.3 Å². The van der Waals surface area contributed by atoms with E-state index in [4.69, 9.17) is 14.2 Å². The van der Waals surface area contributed by atoms with Gasteiger partial charge in [-0.1, -0.05) is 12.1 Å². The van der Waals surface area contributed by atoms with E-state index in [1.54, 1.807) is 24.5 Å². The average Bonchev–Trinajstić information content (AvgIpc) is 2.98. The van der Waals surface area contributed by atoms with Gasteiger partial charge in [-0.25, -0.2) is 18.4 Å². The third kappa shape index (κ3) is 6.43. The fourth-order valence-electron chi connectivity index (χ4n) is 5.04. The highest BCUT2D eigenvalue weighted by molar-refractivity contribution is 7.89. The summed E-state index contributed by atoms with van der Waals surface area (Å²) < 4.78 is 45.1. The van der Waals surface area contributed by atoms with Gasteiger partial charge in [0.25, 0.3) is 0 Å². The van der Waals surface area contributed by atoms with E-state index >= 15 is 0 Å². The minimum Gasteiger partial charge on any atom is -0.497 e. The predicted molar refractivity (Wildman–Crippen MR) is 148 cm³/mol. The fraction of sp³-hybridized carbons (Fsp3) is 0.429. The maximum atomic E-state index is 13.4. The molecule has 2 saturated heterocycles. The molecule has 0 saturated carbocycles. The zero-order chi connectivity index (χ0) is 27.2. The monoisotopic (exact) mass is 553 g/mol. The second-order valence-corrected chi connectivity index (χ2v) is 11.6. The van der Waals surface area contributed by atoms with Crippen LogP contribution in [0.25, 0.3) is 0 Å². The maximum absolute atomic E-state index is 13.4. The van der Waals surface area contributed by atoms with E-state index in [0.717, 1.165) is 44.4 Å². The van der Waals surface area contributed by atoms with Crippen molar-refractivity contribution in [3.8, 4) is 17.2 Å². The molecule has 3 aromatic rings. The van der Waals surface area contributed by atoms with Crippen LogP contribution < -0.4 is 19.1 Å². The number of piperazine rings is 1. The van der Waals surface area contributed by atoms with Gasteiger partial charge in [-0.2, -0.15) is 4.31 Å². The first kappa shape index (κ1) is 27.2. The molecule has 10 nitrogen and oxygen atoms in total. The van der Waals surface area contributed by atoms with Gasteiger partial charge in [-0.15, -0.1) is 0 Å². The molecule has 0 N–H and O–H groups in total. The average molecular weight is 554 g/mol. The minimum atomic E-state index is -3.72. The van der Waals surface area contributed by atoms with Gasteiger partial charge in [-0.3, -0.25) is 4.90 Å². The lowest BCUT2D eigenvalue weighted by molar-refractivity contribution is 0.135. The van der Waals surface area contributed by atoms with Gasteiger partial charge in [-0.05, 0) is 48.7 Å². The van der Waals surface area contributed by atoms with E-state index in [0.29, 0.717) is 37.4 Å². The zero-order valence-electron chi connectivity index (χ0n) is 22.4. The molecular weight excluding hydrogens is 518 g/mol. The number of benzene rings is 2. The molecule has 5 rings (SSSR count). The third-order valence-electron chi connectivity index (χ3n) is 7.20. The van der Waals surface area contributed by atoms with Crippen molar-refractivity contribution in [1.29, 1.82) is 0 Å². The maximum Gasteiger partial charge on any atom is 0.246 e. The van der Waals surface area contributed by atoms with Crippen LogP contribution in [0.15, 0.2) is 65.8 Å². The lowest BCUT2D eigenvalue weighted by Crippen LogP contribution is -2.46. The van der Waals surface area contributed by atoms with E-state index in [9.17, 15) is 8.42 Å². The molecule has 208 valence electrons. The van der Waals surface area contributed by atoms with Gasteiger partial charge < -0.3 is 19.1 Å². The lowest BCUT2D eigenvalue weighted by Gasteiger charge is -2.34. The van der Waals surface area contributed by atoms with Crippen molar-refractivity contribution in [2.75, 3.05) is 58.4 Å². The molecule has 0 radical (unpaired) electrons. The van der Waals surface area contributed by atoms with Gasteiger partial charge in [0.1, 0.15) is 28.2 Å². The number of aromatic nitrogens is 2. The Kier molecular flexibility index (Phi) is 8.49. The standard InChI is InChI=1S/C28H35N5O5S/c1-36-24-7-8-26(37-2)27(20-24)39(34,35)33-13-9-23(10-14-33)38-25-6-3-5-22(19-25)21-31-15-17-32(18-16-31)28-29-11-4-12-30-28/h3-8,11-12,19-20,23H,9-10,13-18,21H2,1-2H3. The van der Waals surface area contributed by atoms with Crippen LogP contribution in [0.5, 0.6) is 17.2 Å². The lowest BCUT2D eigenvalue weighted by atomic mass is 10.1. The number of ether oxygens (including phenoxy) is 3. The summed E-state index contributed by atoms with van der Waals surface area (Å²) in [5, 5.41) is 0. The van der Waals surface area contributed by atoms with Gasteiger partial charge in [0.05, 0.1) is 14.2 Å². The van der Waals surface area contributed by atoms with Crippen molar-refractivity contribution in [2.24, 2.45) is 0 Å². The molecule has 0 spiro atoms. The van der Waals surface area contributed by atoms with Crippen LogP contribution in [-0.2, 0) is 16.6 Å². The Morgan fingerprint density at radius 2 is 1.59 bits per heavy atom. The number of rotatable bonds is 9. The van der Waals surface area contributed by atoms with E-state index in [-0.39, 0.29) is 11.0 Å². The zero-order valence-corrected chi connectivity index (χ0v) is 23.2. The summed E-state index contributed by atoms with van der Waals surface area (Å²) in [6, 6.07) is 14.9. The number of hydrogen-bond donors (Lipinski definition) is 0. The number of piperidine rings is 1. The van der Waals surface area contributed by atoms with E-state index < -0.39 is 10.0 Å². The highest BCUT2D eigenvalue weighted by atomic mass is 32.2. The van der Waals surface area contributed by atoms with Crippen molar-refractivity contribution < 1.29 is 22.6 Å². The number of nitrogens with zero attached hydrogens (tertiary/aromatic N) is 5. The van der Waals surface area contributed by atoms with E-state index in [1.165, 1.54) is 30.2 Å². The molecule has 1 aromatic heterocycles. The van der Waals surface area contributed by atoms with E-state index in [2.05, 4.69) is 31.9 Å². The summed E-state index contributed by atoms with van der Waals surface area (Å²) in [5.41, 5.74) is 1.20. The molecule has 2 fully saturated rings. The van der Waals surface area contributed by atoms with Gasteiger partial charge in [0.2, 0.25) is 16.0 Å². The Hall–Kier alpha value is -3.41. The molecule has 0 amide bonds. The SMILES string of the molecule is COc1ccc(OC)c(S(=O)(=O)N2CCC(Oc3cccc(CN4CCN(c5ncccn5)CC4)c3)CC2)c1. The summed E-state index contributed by atoms with van der Waals surface area (Å²) in [6.07, 6.45) is 4.73. The van der Waals surface area contributed by atoms with Crippen LogP contribution in [0.1, 0.15) is 18.4 Å². The Morgan fingerprint density at radius 3 is 2.28 bits per heavy atom. The molecule has 0 unspecified atom stereocenters. The Morgan fingerprint density at radius 1 is 0.846 bits per heavy atom. The summed E-state index contributed by atoms with van der Waals surface area (Å²) in [7, 11) is -0.744. The highest BCUT2D eigenvalue weighted by Crippen LogP contribution is 2.32. The Bertz CT molecular complexity index is 1340. The molecular formula is C28H35N5O5S. The summed E-state index contributed by atoms with van der Waals surface area (Å²) in [5.74, 6) is 2.38. The molecule has 0 bridgehead atoms. The molecule has 0 atom stereocenters. The molecule has 3 heterocycles. The smallest absolute Gasteiger partial charge is 0.246 e. The van der Waals surface area contributed by atoms with Crippen molar-refractivity contribution in [1.82, 2.24) is 19.2 Å². The van der Waals surface area contributed by atoms with Crippen molar-refractivity contribution in [3.05, 3.63) is 66.5 Å². The molecule has 2 aromatic carbocycles. The first-order chi connectivity index (χ1) is 19.0. The molecule has 0 aliphatic carbocycles. The summed E-state index contributed by atoms with van der Waals surface area (Å²) in [6.45, 7) is 5.26. The molecule has 2 aliphatic heterocycles. The Balaban J connectivity index is 1.14. The third-order valence-corrected chi connectivity index (χ3v) is 9.12. The second kappa shape index (κ2) is 12.2. The Labute approximate surface area is 230 Å². The highest BCUT2D eigenvalue weighted by Gasteiger charge is 2.32. The molecule has 39 heavy (non-hydrogen) atoms. The number of hydrogen-bond acceptors (Lipinski definition) is 9. The first-order valence-electron chi connectivity index (χ1n) is 13.2. The van der Waals surface area contributed by atoms with Crippen LogP contribution >= 0.6 is 0 Å². The fourth-order valence-corrected chi connectivity index (χ4v) is 6.68. The molecule has 11 heteroatoms. The van der Waals surface area contributed by atoms with Gasteiger partial charge >= 0.3 is 0 Å². The van der Waals surface area contributed by atoms with Crippen molar-refractivity contribution in [3.63, 3.8) is 0 Å². The summed E-state index contributed by atoms with van der Waals surface area (Å²) in [4.78, 5) is 13.5. The van der Waals surface area contributed by atoms with Crippen LogP contribution in [0.3, 0.4) is 0 Å². The number of sulfonamides is 1. The number of anilines is 1. The summed E-state index contributed by atoms with van der Waals surface area (Å²) >= 11 is 0. The van der Waals surface area contributed by atoms with Crippen LogP contribution in [-0.4, -0.2) is 87.2 Å². The first-order valence-corrected chi connectivity index (χ1v) is 14.6.